The Labute approximate surface area is 118 Å². The van der Waals surface area contributed by atoms with Gasteiger partial charge in [-0.1, -0.05) is 37.3 Å². The molecular formula is C14H23NOSSi. The highest BCUT2D eigenvalue weighted by Crippen LogP contribution is 2.22. The molecule has 100 valence electrons. The van der Waals surface area contributed by atoms with Crippen molar-refractivity contribution in [1.29, 1.82) is 0 Å². The van der Waals surface area contributed by atoms with Gasteiger partial charge in [0.15, 0.2) is 5.56 Å². The van der Waals surface area contributed by atoms with Crippen molar-refractivity contribution in [2.24, 2.45) is 4.99 Å². The van der Waals surface area contributed by atoms with E-state index in [4.69, 9.17) is 4.74 Å². The standard InChI is InChI=1S/C14H19NOS.H4Si/c1-12(13-7-3-2-4-8-13)6-5-10-16-14-15-9-11-17-14;/h2-4,7-9,12,14H,5-6,10-11H2,1H3;1H4. The molecular weight excluding hydrogens is 258 g/mol. The number of benzene rings is 1. The molecule has 4 heteroatoms. The molecule has 1 aliphatic heterocycles. The Hall–Kier alpha value is -0.583. The fourth-order valence-electron chi connectivity index (χ4n) is 1.91. The number of hydrogen-bond acceptors (Lipinski definition) is 3. The maximum atomic E-state index is 5.65. The fourth-order valence-corrected chi connectivity index (χ4v) is 2.61. The van der Waals surface area contributed by atoms with Gasteiger partial charge < -0.3 is 4.74 Å². The van der Waals surface area contributed by atoms with Crippen LogP contribution in [0.5, 0.6) is 0 Å². The van der Waals surface area contributed by atoms with Gasteiger partial charge in [0.05, 0.1) is 6.61 Å². The van der Waals surface area contributed by atoms with Crippen molar-refractivity contribution in [2.75, 3.05) is 12.4 Å². The third kappa shape index (κ3) is 4.96. The topological polar surface area (TPSA) is 21.6 Å². The van der Waals surface area contributed by atoms with Crippen LogP contribution in [0.3, 0.4) is 0 Å². The van der Waals surface area contributed by atoms with E-state index in [0.29, 0.717) is 5.92 Å². The quantitative estimate of drug-likeness (QED) is 0.589. The molecule has 2 atom stereocenters. The van der Waals surface area contributed by atoms with E-state index in [2.05, 4.69) is 42.2 Å². The van der Waals surface area contributed by atoms with Crippen molar-refractivity contribution >= 4 is 28.9 Å². The number of nitrogens with zero attached hydrogens (tertiary/aromatic N) is 1. The normalized spacial score (nSPS) is 19.5. The van der Waals surface area contributed by atoms with E-state index < -0.39 is 0 Å². The lowest BCUT2D eigenvalue weighted by molar-refractivity contribution is 0.115. The van der Waals surface area contributed by atoms with E-state index >= 15 is 0 Å². The molecule has 1 aromatic carbocycles. The summed E-state index contributed by atoms with van der Waals surface area (Å²) in [5.41, 5.74) is 1.47. The van der Waals surface area contributed by atoms with Crippen LogP contribution < -0.4 is 0 Å². The summed E-state index contributed by atoms with van der Waals surface area (Å²) in [5.74, 6) is 1.60. The predicted octanol–water partition coefficient (Wildman–Crippen LogP) is 2.24. The Morgan fingerprint density at radius 3 is 2.83 bits per heavy atom. The van der Waals surface area contributed by atoms with Gasteiger partial charge >= 0.3 is 0 Å². The number of rotatable bonds is 6. The smallest absolute Gasteiger partial charge is 0.196 e. The maximum Gasteiger partial charge on any atom is 0.196 e. The van der Waals surface area contributed by atoms with Crippen LogP contribution in [-0.2, 0) is 4.74 Å². The minimum atomic E-state index is 0. The van der Waals surface area contributed by atoms with Crippen LogP contribution >= 0.6 is 11.8 Å². The zero-order valence-corrected chi connectivity index (χ0v) is 11.0. The summed E-state index contributed by atoms with van der Waals surface area (Å²) in [6.45, 7) is 3.09. The summed E-state index contributed by atoms with van der Waals surface area (Å²) in [5, 5.41) is 0. The Morgan fingerprint density at radius 2 is 2.17 bits per heavy atom. The van der Waals surface area contributed by atoms with Crippen LogP contribution in [0.25, 0.3) is 0 Å². The predicted molar refractivity (Wildman–Crippen MR) is 86.1 cm³/mol. The van der Waals surface area contributed by atoms with Gasteiger partial charge in [-0.2, -0.15) is 0 Å². The monoisotopic (exact) mass is 281 g/mol. The second-order valence-corrected chi connectivity index (χ2v) is 5.37. The molecule has 1 heterocycles. The highest BCUT2D eigenvalue weighted by Gasteiger charge is 2.11. The van der Waals surface area contributed by atoms with Gasteiger partial charge in [0.2, 0.25) is 0 Å². The van der Waals surface area contributed by atoms with E-state index in [9.17, 15) is 0 Å². The van der Waals surface area contributed by atoms with Crippen LogP contribution in [0, 0.1) is 0 Å². The van der Waals surface area contributed by atoms with E-state index in [1.54, 1.807) is 11.8 Å². The summed E-state index contributed by atoms with van der Waals surface area (Å²) < 4.78 is 5.65. The molecule has 0 radical (unpaired) electrons. The molecule has 0 amide bonds. The molecule has 2 unspecified atom stereocenters. The lowest BCUT2D eigenvalue weighted by atomic mass is 9.97. The first-order valence-electron chi connectivity index (χ1n) is 6.16. The van der Waals surface area contributed by atoms with Crippen LogP contribution in [-0.4, -0.2) is 35.1 Å². The fraction of sp³-hybridized carbons (Fsp3) is 0.500. The van der Waals surface area contributed by atoms with Crippen molar-refractivity contribution in [1.82, 2.24) is 0 Å². The van der Waals surface area contributed by atoms with E-state index in [-0.39, 0.29) is 16.5 Å². The van der Waals surface area contributed by atoms with Crippen molar-refractivity contribution in [2.45, 2.75) is 31.2 Å². The molecule has 0 fully saturated rings. The zero-order valence-electron chi connectivity index (χ0n) is 10.2. The highest BCUT2D eigenvalue weighted by molar-refractivity contribution is 8.00. The summed E-state index contributed by atoms with van der Waals surface area (Å²) in [6.07, 6.45) is 4.20. The minimum absolute atomic E-state index is 0. The minimum Gasteiger partial charge on any atom is -0.347 e. The second-order valence-electron chi connectivity index (χ2n) is 4.30. The van der Waals surface area contributed by atoms with Crippen LogP contribution in [0.2, 0.25) is 0 Å². The summed E-state index contributed by atoms with van der Waals surface area (Å²) >= 11 is 1.75. The van der Waals surface area contributed by atoms with Gasteiger partial charge in [-0.05, 0) is 35.3 Å². The lowest BCUT2D eigenvalue weighted by Gasteiger charge is -2.12. The first-order chi connectivity index (χ1) is 8.36. The van der Waals surface area contributed by atoms with Gasteiger partial charge in [0, 0.05) is 12.0 Å². The molecule has 0 aliphatic carbocycles. The number of ether oxygens (including phenoxy) is 1. The summed E-state index contributed by atoms with van der Waals surface area (Å²) in [4.78, 5) is 4.23. The Kier molecular flexibility index (Phi) is 7.31. The molecule has 0 bridgehead atoms. The van der Waals surface area contributed by atoms with Crippen molar-refractivity contribution in [3.63, 3.8) is 0 Å². The highest BCUT2D eigenvalue weighted by atomic mass is 32.2. The Bertz CT molecular complexity index is 358. The van der Waals surface area contributed by atoms with E-state index in [0.717, 1.165) is 18.8 Å². The lowest BCUT2D eigenvalue weighted by Crippen LogP contribution is -2.05. The third-order valence-corrected chi connectivity index (χ3v) is 3.84. The van der Waals surface area contributed by atoms with E-state index in [1.165, 1.54) is 12.0 Å². The van der Waals surface area contributed by atoms with Gasteiger partial charge in [0.1, 0.15) is 0 Å². The third-order valence-electron chi connectivity index (χ3n) is 2.95. The van der Waals surface area contributed by atoms with Gasteiger partial charge in [-0.3, -0.25) is 4.99 Å². The summed E-state index contributed by atoms with van der Waals surface area (Å²) in [7, 11) is 0. The maximum absolute atomic E-state index is 5.65. The Balaban J connectivity index is 0.00000162. The average Bonchev–Trinajstić information content (AvgIpc) is 2.88. The number of thioether (sulfide) groups is 1. The molecule has 18 heavy (non-hydrogen) atoms. The van der Waals surface area contributed by atoms with Gasteiger partial charge in [-0.25, -0.2) is 0 Å². The van der Waals surface area contributed by atoms with Gasteiger partial charge in [-0.15, -0.1) is 11.8 Å². The average molecular weight is 281 g/mol. The summed E-state index contributed by atoms with van der Waals surface area (Å²) in [6, 6.07) is 10.7. The molecule has 2 nitrogen and oxygen atoms in total. The molecule has 0 saturated heterocycles. The van der Waals surface area contributed by atoms with Crippen molar-refractivity contribution in [3.05, 3.63) is 35.9 Å². The van der Waals surface area contributed by atoms with E-state index in [1.807, 2.05) is 6.21 Å². The second kappa shape index (κ2) is 8.51. The molecule has 0 N–H and O–H groups in total. The Morgan fingerprint density at radius 1 is 1.39 bits per heavy atom. The first kappa shape index (κ1) is 15.5. The van der Waals surface area contributed by atoms with Crippen LogP contribution in [0.4, 0.5) is 0 Å². The zero-order chi connectivity index (χ0) is 11.9. The molecule has 0 spiro atoms. The SMILES string of the molecule is CC(CCCOC1N=CCS1)c1ccccc1.[SiH4]. The van der Waals surface area contributed by atoms with Crippen molar-refractivity contribution < 1.29 is 4.74 Å². The molecule has 0 aromatic heterocycles. The molecule has 1 aliphatic rings. The molecule has 0 saturated carbocycles. The van der Waals surface area contributed by atoms with Gasteiger partial charge in [0.25, 0.3) is 0 Å². The first-order valence-corrected chi connectivity index (χ1v) is 7.21. The number of hydrogen-bond donors (Lipinski definition) is 0. The molecule has 2 rings (SSSR count). The molecule has 1 aromatic rings. The van der Waals surface area contributed by atoms with Crippen LogP contribution in [0.1, 0.15) is 31.2 Å². The largest absolute Gasteiger partial charge is 0.347 e. The number of aliphatic imine (C=N–C) groups is 1. The van der Waals surface area contributed by atoms with Crippen molar-refractivity contribution in [3.8, 4) is 0 Å². The van der Waals surface area contributed by atoms with Crippen LogP contribution in [0.15, 0.2) is 35.3 Å².